The molecule has 0 aliphatic carbocycles. The molecule has 1 fully saturated rings. The summed E-state index contributed by atoms with van der Waals surface area (Å²) in [7, 11) is 1.32. The van der Waals surface area contributed by atoms with Crippen molar-refractivity contribution in [3.63, 3.8) is 0 Å². The molecule has 148 valence electrons. The highest BCUT2D eigenvalue weighted by molar-refractivity contribution is 6.01. The fourth-order valence-electron chi connectivity index (χ4n) is 3.53. The maximum absolute atomic E-state index is 13.3. The van der Waals surface area contributed by atoms with E-state index in [-0.39, 0.29) is 11.5 Å². The zero-order chi connectivity index (χ0) is 20.0. The van der Waals surface area contributed by atoms with Crippen molar-refractivity contribution in [2.45, 2.75) is 25.2 Å². The number of ether oxygens (including phenoxy) is 3. The highest BCUT2D eigenvalue weighted by atomic mass is 16.5. The smallest absolute Gasteiger partial charge is 0.341 e. The van der Waals surface area contributed by atoms with Gasteiger partial charge in [0.1, 0.15) is 11.3 Å². The van der Waals surface area contributed by atoms with Gasteiger partial charge in [-0.1, -0.05) is 30.3 Å². The molecule has 0 atom stereocenters. The van der Waals surface area contributed by atoms with Gasteiger partial charge in [-0.2, -0.15) is 0 Å². The first kappa shape index (κ1) is 19.9. The molecule has 28 heavy (non-hydrogen) atoms. The van der Waals surface area contributed by atoms with Gasteiger partial charge >= 0.3 is 5.97 Å². The number of hydrogen-bond acceptors (Lipinski definition) is 5. The van der Waals surface area contributed by atoms with Crippen molar-refractivity contribution in [3.8, 4) is 5.75 Å². The zero-order valence-corrected chi connectivity index (χ0v) is 16.2. The van der Waals surface area contributed by atoms with Gasteiger partial charge in [-0.3, -0.25) is 4.79 Å². The van der Waals surface area contributed by atoms with Crippen molar-refractivity contribution in [3.05, 3.63) is 59.7 Å². The Bertz CT molecular complexity index is 828. The van der Waals surface area contributed by atoms with Crippen molar-refractivity contribution in [1.82, 2.24) is 0 Å². The third-order valence-electron chi connectivity index (χ3n) is 5.05. The molecule has 2 aromatic rings. The quantitative estimate of drug-likeness (QED) is 0.772. The maximum atomic E-state index is 13.3. The SMILES string of the molecule is CCOc1ccc(NC(=O)C2(c3ccccc3)CCOCC2)cc1C(=O)OC. The Morgan fingerprint density at radius 3 is 2.46 bits per heavy atom. The van der Waals surface area contributed by atoms with Crippen LogP contribution in [0, 0.1) is 0 Å². The zero-order valence-electron chi connectivity index (χ0n) is 16.2. The standard InChI is InChI=1S/C22H25NO5/c1-3-28-19-10-9-17(15-18(19)20(24)26-2)23-21(25)22(11-13-27-14-12-22)16-7-5-4-6-8-16/h4-10,15H,3,11-14H2,1-2H3,(H,23,25). The maximum Gasteiger partial charge on any atom is 0.341 e. The van der Waals surface area contributed by atoms with E-state index in [9.17, 15) is 9.59 Å². The predicted octanol–water partition coefficient (Wildman–Crippen LogP) is 3.56. The number of anilines is 1. The third kappa shape index (κ3) is 4.02. The Morgan fingerprint density at radius 1 is 1.11 bits per heavy atom. The molecule has 0 saturated carbocycles. The van der Waals surface area contributed by atoms with Gasteiger partial charge in [-0.25, -0.2) is 4.79 Å². The number of carbonyl (C=O) groups is 2. The first-order chi connectivity index (χ1) is 13.6. The van der Waals surface area contributed by atoms with Gasteiger partial charge in [0.25, 0.3) is 0 Å². The lowest BCUT2D eigenvalue weighted by molar-refractivity contribution is -0.125. The summed E-state index contributed by atoms with van der Waals surface area (Å²) in [4.78, 5) is 25.4. The van der Waals surface area contributed by atoms with Crippen molar-refractivity contribution in [2.24, 2.45) is 0 Å². The molecule has 0 bridgehead atoms. The Morgan fingerprint density at radius 2 is 1.82 bits per heavy atom. The van der Waals surface area contributed by atoms with Crippen molar-refractivity contribution in [1.29, 1.82) is 0 Å². The first-order valence-electron chi connectivity index (χ1n) is 9.40. The number of esters is 1. The fourth-order valence-corrected chi connectivity index (χ4v) is 3.53. The van der Waals surface area contributed by atoms with Crippen LogP contribution in [0.2, 0.25) is 0 Å². The molecule has 3 rings (SSSR count). The minimum Gasteiger partial charge on any atom is -0.493 e. The predicted molar refractivity (Wildman–Crippen MR) is 106 cm³/mol. The van der Waals surface area contributed by atoms with Crippen molar-refractivity contribution in [2.75, 3.05) is 32.2 Å². The number of methoxy groups -OCH3 is 1. The number of amides is 1. The van der Waals surface area contributed by atoms with Crippen LogP contribution in [0.1, 0.15) is 35.7 Å². The van der Waals surface area contributed by atoms with Gasteiger partial charge in [0.2, 0.25) is 5.91 Å². The molecule has 6 nitrogen and oxygen atoms in total. The summed E-state index contributed by atoms with van der Waals surface area (Å²) in [5.41, 5.74) is 1.11. The topological polar surface area (TPSA) is 73.9 Å². The molecule has 1 heterocycles. The number of carbonyl (C=O) groups excluding carboxylic acids is 2. The van der Waals surface area contributed by atoms with Crippen LogP contribution in [-0.4, -0.2) is 38.8 Å². The van der Waals surface area contributed by atoms with E-state index in [2.05, 4.69) is 5.32 Å². The van der Waals surface area contributed by atoms with Crippen LogP contribution in [0.15, 0.2) is 48.5 Å². The highest BCUT2D eigenvalue weighted by Crippen LogP contribution is 2.36. The van der Waals surface area contributed by atoms with Gasteiger partial charge in [0, 0.05) is 18.9 Å². The molecule has 0 radical (unpaired) electrons. The van der Waals surface area contributed by atoms with E-state index in [1.165, 1.54) is 7.11 Å². The average Bonchev–Trinajstić information content (AvgIpc) is 2.75. The van der Waals surface area contributed by atoms with Crippen LogP contribution < -0.4 is 10.1 Å². The minimum atomic E-state index is -0.663. The molecule has 0 spiro atoms. The molecule has 6 heteroatoms. The summed E-state index contributed by atoms with van der Waals surface area (Å²) in [5.74, 6) is -0.193. The Balaban J connectivity index is 1.91. The van der Waals surface area contributed by atoms with Gasteiger partial charge in [-0.05, 0) is 43.5 Å². The highest BCUT2D eigenvalue weighted by Gasteiger charge is 2.41. The van der Waals surface area contributed by atoms with Gasteiger partial charge in [0.15, 0.2) is 0 Å². The molecular weight excluding hydrogens is 358 g/mol. The second kappa shape index (κ2) is 8.89. The summed E-state index contributed by atoms with van der Waals surface area (Å²) in [6.45, 7) is 3.32. The monoisotopic (exact) mass is 383 g/mol. The van der Waals surface area contributed by atoms with Gasteiger partial charge in [-0.15, -0.1) is 0 Å². The summed E-state index contributed by atoms with van der Waals surface area (Å²) in [5, 5.41) is 2.98. The summed E-state index contributed by atoms with van der Waals surface area (Å²) >= 11 is 0. The second-order valence-electron chi connectivity index (χ2n) is 6.65. The van der Waals surface area contributed by atoms with E-state index in [0.717, 1.165) is 5.56 Å². The van der Waals surface area contributed by atoms with Crippen LogP contribution >= 0.6 is 0 Å². The molecule has 1 aliphatic heterocycles. The number of rotatable bonds is 6. The molecular formula is C22H25NO5. The molecule has 1 N–H and O–H groups in total. The van der Waals surface area contributed by atoms with Crippen molar-refractivity contribution < 1.29 is 23.8 Å². The molecule has 0 unspecified atom stereocenters. The molecule has 1 saturated heterocycles. The van der Waals surface area contributed by atoms with Crippen molar-refractivity contribution >= 4 is 17.6 Å². The molecule has 2 aromatic carbocycles. The normalized spacial score (nSPS) is 15.5. The lowest BCUT2D eigenvalue weighted by Crippen LogP contribution is -2.44. The number of benzene rings is 2. The second-order valence-corrected chi connectivity index (χ2v) is 6.65. The van der Waals surface area contributed by atoms with E-state index in [4.69, 9.17) is 14.2 Å². The van der Waals surface area contributed by atoms with Crippen LogP contribution in [-0.2, 0) is 19.7 Å². The summed E-state index contributed by atoms with van der Waals surface area (Å²) in [6.07, 6.45) is 1.20. The van der Waals surface area contributed by atoms with E-state index >= 15 is 0 Å². The summed E-state index contributed by atoms with van der Waals surface area (Å²) < 4.78 is 15.8. The fraction of sp³-hybridized carbons (Fsp3) is 0.364. The molecule has 0 aromatic heterocycles. The lowest BCUT2D eigenvalue weighted by Gasteiger charge is -2.36. The number of nitrogens with one attached hydrogen (secondary N) is 1. The van der Waals surface area contributed by atoms with E-state index in [0.29, 0.717) is 44.1 Å². The Kier molecular flexibility index (Phi) is 6.31. The first-order valence-corrected chi connectivity index (χ1v) is 9.40. The van der Waals surface area contributed by atoms with Crippen LogP contribution in [0.4, 0.5) is 5.69 Å². The van der Waals surface area contributed by atoms with Gasteiger partial charge in [0.05, 0.1) is 19.1 Å². The molecule has 1 amide bonds. The van der Waals surface area contributed by atoms with E-state index in [1.54, 1.807) is 18.2 Å². The van der Waals surface area contributed by atoms with E-state index in [1.807, 2.05) is 37.3 Å². The minimum absolute atomic E-state index is 0.109. The largest absolute Gasteiger partial charge is 0.493 e. The van der Waals surface area contributed by atoms with Gasteiger partial charge < -0.3 is 19.5 Å². The molecule has 1 aliphatic rings. The summed E-state index contributed by atoms with van der Waals surface area (Å²) in [6, 6.07) is 14.7. The Hall–Kier alpha value is -2.86. The van der Waals surface area contributed by atoms with Crippen LogP contribution in [0.5, 0.6) is 5.75 Å². The Labute approximate surface area is 164 Å². The third-order valence-corrected chi connectivity index (χ3v) is 5.05. The number of hydrogen-bond donors (Lipinski definition) is 1. The lowest BCUT2D eigenvalue weighted by atomic mass is 9.73. The van der Waals surface area contributed by atoms with Crippen LogP contribution in [0.25, 0.3) is 0 Å². The van der Waals surface area contributed by atoms with E-state index < -0.39 is 11.4 Å². The van der Waals surface area contributed by atoms with Crippen LogP contribution in [0.3, 0.4) is 0 Å². The average molecular weight is 383 g/mol.